The number of ether oxygens (including phenoxy) is 1. The van der Waals surface area contributed by atoms with Crippen molar-refractivity contribution in [3.05, 3.63) is 72.3 Å². The van der Waals surface area contributed by atoms with Crippen LogP contribution in [0.2, 0.25) is 0 Å². The first kappa shape index (κ1) is 24.0. The van der Waals surface area contributed by atoms with Crippen LogP contribution in [0, 0.1) is 11.8 Å². The fourth-order valence-electron chi connectivity index (χ4n) is 6.95. The van der Waals surface area contributed by atoms with E-state index >= 15 is 0 Å². The summed E-state index contributed by atoms with van der Waals surface area (Å²) < 4.78 is 5.37. The Hall–Kier alpha value is -4.08. The van der Waals surface area contributed by atoms with Crippen LogP contribution in [0.1, 0.15) is 12.5 Å². The van der Waals surface area contributed by atoms with Crippen molar-refractivity contribution in [3.63, 3.8) is 0 Å². The molecule has 4 aliphatic rings. The summed E-state index contributed by atoms with van der Waals surface area (Å²) in [5.74, 6) is -2.91. The van der Waals surface area contributed by atoms with Crippen molar-refractivity contribution in [1.82, 2.24) is 10.2 Å². The highest BCUT2D eigenvalue weighted by molar-refractivity contribution is 6.28. The molecule has 1 N–H and O–H groups in total. The highest BCUT2D eigenvalue weighted by atomic mass is 16.5. The first-order valence-corrected chi connectivity index (χ1v) is 13.3. The van der Waals surface area contributed by atoms with Crippen LogP contribution >= 0.6 is 0 Å². The van der Waals surface area contributed by atoms with Gasteiger partial charge in [0.2, 0.25) is 17.7 Å². The highest BCUT2D eigenvalue weighted by Gasteiger charge is 2.71. The van der Waals surface area contributed by atoms with Gasteiger partial charge < -0.3 is 14.5 Å². The minimum Gasteiger partial charge on any atom is -0.378 e. The lowest BCUT2D eigenvalue weighted by Crippen LogP contribution is -2.56. The zero-order chi connectivity index (χ0) is 26.9. The first-order chi connectivity index (χ1) is 18.9. The summed E-state index contributed by atoms with van der Waals surface area (Å²) in [6, 6.07) is 20.0. The van der Waals surface area contributed by atoms with Gasteiger partial charge in [0.25, 0.3) is 5.91 Å². The third-order valence-electron chi connectivity index (χ3n) is 8.68. The first-order valence-electron chi connectivity index (χ1n) is 13.3. The van der Waals surface area contributed by atoms with Gasteiger partial charge >= 0.3 is 0 Å². The molecule has 39 heavy (non-hydrogen) atoms. The van der Waals surface area contributed by atoms with Crippen LogP contribution in [-0.2, 0) is 29.5 Å². The van der Waals surface area contributed by atoms with E-state index in [1.807, 2.05) is 61.5 Å². The number of nitrogens with one attached hydrogen (secondary N) is 1. The molecule has 3 aromatic carbocycles. The van der Waals surface area contributed by atoms with Crippen molar-refractivity contribution in [2.75, 3.05) is 42.6 Å². The fraction of sp³-hybridized carbons (Fsp3) is 0.333. The Morgan fingerprint density at radius 2 is 1.62 bits per heavy atom. The molecular weight excluding hydrogens is 496 g/mol. The van der Waals surface area contributed by atoms with Crippen LogP contribution in [-0.4, -0.2) is 67.4 Å². The van der Waals surface area contributed by atoms with Gasteiger partial charge in [0.05, 0.1) is 30.7 Å². The second-order valence-corrected chi connectivity index (χ2v) is 10.7. The number of benzene rings is 3. The number of carbonyl (C=O) groups is 4. The summed E-state index contributed by atoms with van der Waals surface area (Å²) >= 11 is 0. The smallest absolute Gasteiger partial charge is 0.253 e. The molecule has 3 saturated heterocycles. The summed E-state index contributed by atoms with van der Waals surface area (Å²) in [5, 5.41) is 5.10. The standard InChI is InChI=1S/C30H28N4O5/c1-18-25-26(28(37)34(27(25)36)22-12-6-8-19-7-2-3-9-20(19)22)30(31-18)21-10-4-5-11-23(21)33(29(30)38)17-24(35)32-13-15-39-16-14-32/h2-12,18,25-26,31H,13-17H2,1H3/t18-,25+,26+,30-/m0/s1. The van der Waals surface area contributed by atoms with Crippen LogP contribution in [0.25, 0.3) is 10.8 Å². The Bertz CT molecular complexity index is 1540. The molecule has 4 amide bonds. The van der Waals surface area contributed by atoms with E-state index in [2.05, 4.69) is 5.32 Å². The Morgan fingerprint density at radius 1 is 0.923 bits per heavy atom. The summed E-state index contributed by atoms with van der Waals surface area (Å²) in [7, 11) is 0. The molecule has 3 fully saturated rings. The fourth-order valence-corrected chi connectivity index (χ4v) is 6.95. The van der Waals surface area contributed by atoms with E-state index in [4.69, 9.17) is 4.74 Å². The molecule has 0 unspecified atom stereocenters. The lowest BCUT2D eigenvalue weighted by Gasteiger charge is -2.31. The number of carbonyl (C=O) groups excluding carboxylic acids is 4. The molecule has 7 rings (SSSR count). The minimum absolute atomic E-state index is 0.139. The molecule has 4 aliphatic heterocycles. The Balaban J connectivity index is 1.31. The third-order valence-corrected chi connectivity index (χ3v) is 8.68. The van der Waals surface area contributed by atoms with Crippen molar-refractivity contribution >= 4 is 45.8 Å². The quantitative estimate of drug-likeness (QED) is 0.527. The topological polar surface area (TPSA) is 99.3 Å². The predicted molar refractivity (Wildman–Crippen MR) is 144 cm³/mol. The zero-order valence-corrected chi connectivity index (χ0v) is 21.5. The van der Waals surface area contributed by atoms with Crippen molar-refractivity contribution < 1.29 is 23.9 Å². The average molecular weight is 525 g/mol. The molecule has 0 saturated carbocycles. The Morgan fingerprint density at radius 3 is 2.44 bits per heavy atom. The van der Waals surface area contributed by atoms with E-state index in [0.717, 1.165) is 10.8 Å². The lowest BCUT2D eigenvalue weighted by atomic mass is 9.76. The van der Waals surface area contributed by atoms with Crippen LogP contribution in [0.5, 0.6) is 0 Å². The van der Waals surface area contributed by atoms with Crippen LogP contribution in [0.4, 0.5) is 11.4 Å². The second-order valence-electron chi connectivity index (χ2n) is 10.7. The zero-order valence-electron chi connectivity index (χ0n) is 21.5. The number of hydrogen-bond acceptors (Lipinski definition) is 6. The minimum atomic E-state index is -1.43. The molecular formula is C30H28N4O5. The van der Waals surface area contributed by atoms with Gasteiger partial charge in [-0.25, -0.2) is 4.90 Å². The van der Waals surface area contributed by atoms with Crippen LogP contribution in [0.3, 0.4) is 0 Å². The van der Waals surface area contributed by atoms with Crippen molar-refractivity contribution in [2.45, 2.75) is 18.5 Å². The molecule has 0 aromatic heterocycles. The molecule has 198 valence electrons. The maximum atomic E-state index is 14.4. The summed E-state index contributed by atoms with van der Waals surface area (Å²) in [6.07, 6.45) is 0. The summed E-state index contributed by atoms with van der Waals surface area (Å²) in [6.45, 7) is 3.58. The molecule has 4 atom stereocenters. The van der Waals surface area contributed by atoms with Gasteiger partial charge in [-0.05, 0) is 24.4 Å². The number of anilines is 2. The summed E-state index contributed by atoms with van der Waals surface area (Å²) in [4.78, 5) is 60.3. The number of amides is 4. The molecule has 0 radical (unpaired) electrons. The monoisotopic (exact) mass is 524 g/mol. The van der Waals surface area contributed by atoms with Crippen LogP contribution in [0.15, 0.2) is 66.7 Å². The molecule has 0 bridgehead atoms. The van der Waals surface area contributed by atoms with Gasteiger partial charge in [0.1, 0.15) is 12.1 Å². The van der Waals surface area contributed by atoms with E-state index in [-0.39, 0.29) is 24.3 Å². The van der Waals surface area contributed by atoms with Crippen LogP contribution < -0.4 is 15.1 Å². The molecule has 1 spiro atoms. The van der Waals surface area contributed by atoms with E-state index in [1.54, 1.807) is 17.0 Å². The number of imide groups is 1. The molecule has 9 nitrogen and oxygen atoms in total. The number of hydrogen-bond donors (Lipinski definition) is 1. The van der Waals surface area contributed by atoms with Gasteiger partial charge in [-0.1, -0.05) is 54.6 Å². The van der Waals surface area contributed by atoms with Crippen molar-refractivity contribution in [2.24, 2.45) is 11.8 Å². The van der Waals surface area contributed by atoms with Crippen molar-refractivity contribution in [1.29, 1.82) is 0 Å². The van der Waals surface area contributed by atoms with Gasteiger partial charge in [-0.2, -0.15) is 0 Å². The van der Waals surface area contributed by atoms with Gasteiger partial charge in [0.15, 0.2) is 0 Å². The third kappa shape index (κ3) is 3.26. The molecule has 3 aromatic rings. The number of fused-ring (bicyclic) bond motifs is 5. The molecule has 9 heteroatoms. The van der Waals surface area contributed by atoms with Gasteiger partial charge in [-0.15, -0.1) is 0 Å². The largest absolute Gasteiger partial charge is 0.378 e. The van der Waals surface area contributed by atoms with E-state index < -0.39 is 29.3 Å². The average Bonchev–Trinajstić information content (AvgIpc) is 3.51. The predicted octanol–water partition coefficient (Wildman–Crippen LogP) is 2.04. The number of morpholine rings is 1. The van der Waals surface area contributed by atoms with E-state index in [9.17, 15) is 19.2 Å². The molecule has 4 heterocycles. The van der Waals surface area contributed by atoms with Gasteiger partial charge in [0, 0.05) is 35.8 Å². The maximum Gasteiger partial charge on any atom is 0.253 e. The van der Waals surface area contributed by atoms with E-state index in [1.165, 1.54) is 9.80 Å². The Kier molecular flexibility index (Phi) is 5.37. The second kappa shape index (κ2) is 8.72. The SMILES string of the molecule is C[C@@H]1N[C@]2(C(=O)N(CC(=O)N3CCOCC3)c3ccccc32)[C@H]2C(=O)N(c3cccc4ccccc34)C(=O)[C@H]12. The lowest BCUT2D eigenvalue weighted by molar-refractivity contribution is -0.136. The number of rotatable bonds is 3. The summed E-state index contributed by atoms with van der Waals surface area (Å²) in [5.41, 5.74) is 0.314. The highest BCUT2D eigenvalue weighted by Crippen LogP contribution is 2.55. The number of nitrogens with zero attached hydrogens (tertiary/aromatic N) is 3. The van der Waals surface area contributed by atoms with E-state index in [0.29, 0.717) is 43.2 Å². The maximum absolute atomic E-state index is 14.4. The normalized spacial score (nSPS) is 28.1. The molecule has 0 aliphatic carbocycles. The number of para-hydroxylation sites is 1. The van der Waals surface area contributed by atoms with Crippen molar-refractivity contribution in [3.8, 4) is 0 Å². The Labute approximate surface area is 225 Å². The van der Waals surface area contributed by atoms with Gasteiger partial charge in [-0.3, -0.25) is 24.5 Å².